The van der Waals surface area contributed by atoms with Crippen LogP contribution in [0.3, 0.4) is 0 Å². The molecule has 1 amide bonds. The lowest BCUT2D eigenvalue weighted by atomic mass is 9.97. The van der Waals surface area contributed by atoms with E-state index in [2.05, 4.69) is 15.5 Å². The van der Waals surface area contributed by atoms with E-state index in [1.807, 2.05) is 27.7 Å². The van der Waals surface area contributed by atoms with Crippen molar-refractivity contribution in [2.24, 2.45) is 5.73 Å². The Hall–Kier alpha value is -1.28. The fraction of sp³-hybridized carbons (Fsp3) is 0.769. The Labute approximate surface area is 129 Å². The van der Waals surface area contributed by atoms with Crippen molar-refractivity contribution in [3.63, 3.8) is 0 Å². The number of thioether (sulfide) groups is 1. The van der Waals surface area contributed by atoms with Gasteiger partial charge in [0.05, 0.1) is 5.54 Å². The Balaban J connectivity index is 2.71. The molecule has 0 aliphatic heterocycles. The molecule has 0 fully saturated rings. The van der Waals surface area contributed by atoms with E-state index in [9.17, 15) is 9.59 Å². The second-order valence-corrected chi connectivity index (χ2v) is 6.93. The number of aromatic amines is 1. The van der Waals surface area contributed by atoms with Crippen LogP contribution in [0.2, 0.25) is 0 Å². The molecule has 120 valence electrons. The Morgan fingerprint density at radius 1 is 1.48 bits per heavy atom. The van der Waals surface area contributed by atoms with Gasteiger partial charge >= 0.3 is 5.69 Å². The van der Waals surface area contributed by atoms with Gasteiger partial charge in [0.2, 0.25) is 5.91 Å². The summed E-state index contributed by atoms with van der Waals surface area (Å²) >= 11 is 1.44. The lowest BCUT2D eigenvalue weighted by Gasteiger charge is -2.29. The van der Waals surface area contributed by atoms with E-state index < -0.39 is 5.54 Å². The predicted molar refractivity (Wildman–Crippen MR) is 84.4 cm³/mol. The first-order chi connectivity index (χ1) is 9.67. The van der Waals surface area contributed by atoms with Crippen LogP contribution in [-0.2, 0) is 4.79 Å². The Kier molecular flexibility index (Phi) is 6.03. The summed E-state index contributed by atoms with van der Waals surface area (Å²) < 4.78 is 1.60. The maximum absolute atomic E-state index is 11.7. The highest BCUT2D eigenvalue weighted by Gasteiger charge is 2.31. The van der Waals surface area contributed by atoms with Crippen molar-refractivity contribution >= 4 is 17.7 Å². The fourth-order valence-electron chi connectivity index (χ4n) is 2.10. The number of nitrogens with one attached hydrogen (secondary N) is 2. The lowest BCUT2D eigenvalue weighted by molar-refractivity contribution is -0.124. The molecular formula is C13H25N5O2S. The average molecular weight is 315 g/mol. The zero-order valence-electron chi connectivity index (χ0n) is 13.3. The molecule has 0 aliphatic rings. The zero-order chi connectivity index (χ0) is 16.2. The first-order valence-electron chi connectivity index (χ1n) is 7.04. The number of hydrogen-bond acceptors (Lipinski definition) is 5. The molecule has 0 saturated carbocycles. The van der Waals surface area contributed by atoms with Crippen molar-refractivity contribution in [1.82, 2.24) is 20.1 Å². The number of carbonyl (C=O) groups excluding carboxylic acids is 1. The first-order valence-corrected chi connectivity index (χ1v) is 8.03. The van der Waals surface area contributed by atoms with Crippen LogP contribution in [-0.4, -0.2) is 38.0 Å². The van der Waals surface area contributed by atoms with E-state index >= 15 is 0 Å². The molecule has 1 atom stereocenters. The number of nitrogens with zero attached hydrogens (tertiary/aromatic N) is 2. The summed E-state index contributed by atoms with van der Waals surface area (Å²) in [6.45, 7) is 9.59. The summed E-state index contributed by atoms with van der Waals surface area (Å²) in [7, 11) is 0. The number of primary amides is 1. The molecule has 1 rings (SSSR count). The number of H-pyrrole nitrogens is 1. The standard InChI is InChI=1S/C13H25N5O2S/c1-8(2)15-13(5,10(14)19)6-7-21-12-17-16-11(20)18(12)9(3)4/h8-9,15H,6-7H2,1-5H3,(H2,14,19)(H,16,20). The van der Waals surface area contributed by atoms with Crippen LogP contribution in [0.4, 0.5) is 0 Å². The van der Waals surface area contributed by atoms with Gasteiger partial charge in [-0.3, -0.25) is 9.36 Å². The largest absolute Gasteiger partial charge is 0.368 e. The van der Waals surface area contributed by atoms with E-state index in [0.29, 0.717) is 17.3 Å². The van der Waals surface area contributed by atoms with Crippen molar-refractivity contribution in [2.75, 3.05) is 5.75 Å². The predicted octanol–water partition coefficient (Wildman–Crippen LogP) is 0.877. The highest BCUT2D eigenvalue weighted by atomic mass is 32.2. The monoisotopic (exact) mass is 315 g/mol. The third-order valence-corrected chi connectivity index (χ3v) is 4.13. The molecular weight excluding hydrogens is 290 g/mol. The van der Waals surface area contributed by atoms with Crippen molar-refractivity contribution < 1.29 is 4.79 Å². The SMILES string of the molecule is CC(C)NC(C)(CCSc1n[nH]c(=O)n1C(C)C)C(N)=O. The number of aromatic nitrogens is 3. The lowest BCUT2D eigenvalue weighted by Crippen LogP contribution is -2.55. The Morgan fingerprint density at radius 2 is 2.10 bits per heavy atom. The maximum atomic E-state index is 11.7. The van der Waals surface area contributed by atoms with Crippen LogP contribution in [0.15, 0.2) is 9.95 Å². The van der Waals surface area contributed by atoms with E-state index in [-0.39, 0.29) is 23.7 Å². The second-order valence-electron chi connectivity index (χ2n) is 5.87. The third-order valence-electron chi connectivity index (χ3n) is 3.17. The van der Waals surface area contributed by atoms with Crippen LogP contribution in [0.5, 0.6) is 0 Å². The molecule has 1 aromatic rings. The number of hydrogen-bond donors (Lipinski definition) is 3. The van der Waals surface area contributed by atoms with E-state index in [1.165, 1.54) is 11.8 Å². The minimum Gasteiger partial charge on any atom is -0.368 e. The summed E-state index contributed by atoms with van der Waals surface area (Å²) in [5.41, 5.74) is 4.51. The van der Waals surface area contributed by atoms with Gasteiger partial charge in [0.25, 0.3) is 0 Å². The summed E-state index contributed by atoms with van der Waals surface area (Å²) in [6.07, 6.45) is 0.560. The smallest absolute Gasteiger partial charge is 0.344 e. The van der Waals surface area contributed by atoms with Gasteiger partial charge in [0.1, 0.15) is 0 Å². The van der Waals surface area contributed by atoms with Gasteiger partial charge in [-0.25, -0.2) is 9.89 Å². The molecule has 0 saturated heterocycles. The van der Waals surface area contributed by atoms with Gasteiger partial charge in [-0.1, -0.05) is 11.8 Å². The molecule has 8 heteroatoms. The average Bonchev–Trinajstić information content (AvgIpc) is 2.69. The molecule has 0 aromatic carbocycles. The molecule has 21 heavy (non-hydrogen) atoms. The van der Waals surface area contributed by atoms with Crippen molar-refractivity contribution in [2.45, 2.75) is 63.8 Å². The molecule has 1 heterocycles. The van der Waals surface area contributed by atoms with Gasteiger partial charge in [-0.2, -0.15) is 0 Å². The van der Waals surface area contributed by atoms with Crippen LogP contribution >= 0.6 is 11.8 Å². The highest BCUT2D eigenvalue weighted by molar-refractivity contribution is 7.99. The van der Waals surface area contributed by atoms with Crippen LogP contribution in [0, 0.1) is 0 Å². The quantitative estimate of drug-likeness (QED) is 0.617. The molecule has 1 aromatic heterocycles. The zero-order valence-corrected chi connectivity index (χ0v) is 14.1. The highest BCUT2D eigenvalue weighted by Crippen LogP contribution is 2.21. The maximum Gasteiger partial charge on any atom is 0.344 e. The van der Waals surface area contributed by atoms with Crippen molar-refractivity contribution in [1.29, 1.82) is 0 Å². The normalized spacial score (nSPS) is 14.6. The minimum atomic E-state index is -0.763. The molecule has 0 bridgehead atoms. The molecule has 0 radical (unpaired) electrons. The van der Waals surface area contributed by atoms with Crippen LogP contribution in [0.1, 0.15) is 47.1 Å². The van der Waals surface area contributed by atoms with Crippen molar-refractivity contribution in [3.8, 4) is 0 Å². The van der Waals surface area contributed by atoms with Gasteiger partial charge in [-0.15, -0.1) is 5.10 Å². The summed E-state index contributed by atoms with van der Waals surface area (Å²) in [5, 5.41) is 10.3. The van der Waals surface area contributed by atoms with E-state index in [0.717, 1.165) is 0 Å². The van der Waals surface area contributed by atoms with Crippen LogP contribution < -0.4 is 16.7 Å². The first kappa shape index (κ1) is 17.8. The van der Waals surface area contributed by atoms with E-state index in [1.54, 1.807) is 11.5 Å². The van der Waals surface area contributed by atoms with Gasteiger partial charge in [0.15, 0.2) is 5.16 Å². The van der Waals surface area contributed by atoms with Gasteiger partial charge in [0, 0.05) is 17.8 Å². The minimum absolute atomic E-state index is 0.0371. The van der Waals surface area contributed by atoms with Gasteiger partial charge in [-0.05, 0) is 41.0 Å². The Morgan fingerprint density at radius 3 is 2.57 bits per heavy atom. The molecule has 0 aliphatic carbocycles. The number of rotatable bonds is 8. The number of amides is 1. The Bertz CT molecular complexity index is 537. The summed E-state index contributed by atoms with van der Waals surface area (Å²) in [5.74, 6) is 0.260. The number of nitrogens with two attached hydrogens (primary N) is 1. The van der Waals surface area contributed by atoms with E-state index in [4.69, 9.17) is 5.73 Å². The second kappa shape index (κ2) is 7.13. The molecule has 4 N–H and O–H groups in total. The van der Waals surface area contributed by atoms with Crippen molar-refractivity contribution in [3.05, 3.63) is 10.5 Å². The number of carbonyl (C=O) groups is 1. The van der Waals surface area contributed by atoms with Crippen LogP contribution in [0.25, 0.3) is 0 Å². The molecule has 1 unspecified atom stereocenters. The fourth-order valence-corrected chi connectivity index (χ4v) is 3.33. The molecule has 7 nitrogen and oxygen atoms in total. The third kappa shape index (κ3) is 4.60. The molecule has 0 spiro atoms. The van der Waals surface area contributed by atoms with Gasteiger partial charge < -0.3 is 11.1 Å². The summed E-state index contributed by atoms with van der Waals surface area (Å²) in [6, 6.07) is 0.196. The summed E-state index contributed by atoms with van der Waals surface area (Å²) in [4.78, 5) is 23.3. The topological polar surface area (TPSA) is 106 Å².